The molecule has 7 nitrogen and oxygen atoms in total. The molecule has 0 aromatic heterocycles. The molecular weight excluding hydrogens is 306 g/mol. The van der Waals surface area contributed by atoms with Crippen LogP contribution in [0, 0.1) is 5.92 Å². The summed E-state index contributed by atoms with van der Waals surface area (Å²) in [4.78, 5) is 13.8. The molecule has 0 aliphatic carbocycles. The van der Waals surface area contributed by atoms with Crippen molar-refractivity contribution in [2.75, 3.05) is 58.7 Å². The van der Waals surface area contributed by atoms with Crippen molar-refractivity contribution in [3.8, 4) is 0 Å². The number of hydrogen-bond donors (Lipinski definition) is 1. The van der Waals surface area contributed by atoms with E-state index in [4.69, 9.17) is 4.74 Å². The molecule has 1 rings (SSSR count). The van der Waals surface area contributed by atoms with Crippen LogP contribution < -0.4 is 5.32 Å². The average Bonchev–Trinajstić information content (AvgIpc) is 2.41. The summed E-state index contributed by atoms with van der Waals surface area (Å²) < 4.78 is 30.4. The number of sulfonamides is 1. The minimum absolute atomic E-state index is 0.0309. The lowest BCUT2D eigenvalue weighted by atomic mass is 10.1. The Bertz CT molecular complexity index is 433. The zero-order valence-corrected chi connectivity index (χ0v) is 14.7. The fourth-order valence-electron chi connectivity index (χ4n) is 2.28. The van der Waals surface area contributed by atoms with Crippen molar-refractivity contribution in [2.45, 2.75) is 20.3 Å². The van der Waals surface area contributed by atoms with E-state index in [-0.39, 0.29) is 5.91 Å². The molecule has 1 heterocycles. The first kappa shape index (κ1) is 19.3. The number of morpholine rings is 1. The largest absolute Gasteiger partial charge is 0.379 e. The second-order valence-electron chi connectivity index (χ2n) is 6.06. The molecule has 1 aliphatic heterocycles. The average molecular weight is 335 g/mol. The summed E-state index contributed by atoms with van der Waals surface area (Å²) in [7, 11) is -3.26. The van der Waals surface area contributed by atoms with Crippen LogP contribution in [0.3, 0.4) is 0 Å². The lowest BCUT2D eigenvalue weighted by Crippen LogP contribution is -2.45. The van der Waals surface area contributed by atoms with Crippen LogP contribution in [0.2, 0.25) is 0 Å². The monoisotopic (exact) mass is 335 g/mol. The highest BCUT2D eigenvalue weighted by Crippen LogP contribution is 2.02. The fraction of sp³-hybridized carbons (Fsp3) is 0.929. The lowest BCUT2D eigenvalue weighted by molar-refractivity contribution is -0.121. The fourth-order valence-corrected chi connectivity index (χ4v) is 3.12. The lowest BCUT2D eigenvalue weighted by Gasteiger charge is -2.29. The molecular formula is C14H29N3O4S. The number of amides is 1. The molecule has 0 aromatic rings. The van der Waals surface area contributed by atoms with Gasteiger partial charge in [0.2, 0.25) is 15.9 Å². The minimum atomic E-state index is -3.26. The maximum Gasteiger partial charge on any atom is 0.220 e. The quantitative estimate of drug-likeness (QED) is 0.628. The number of rotatable bonds is 9. The predicted molar refractivity (Wildman–Crippen MR) is 86.1 cm³/mol. The van der Waals surface area contributed by atoms with Gasteiger partial charge in [0.15, 0.2) is 0 Å². The van der Waals surface area contributed by atoms with Gasteiger partial charge in [-0.15, -0.1) is 0 Å². The first-order chi connectivity index (χ1) is 10.3. The van der Waals surface area contributed by atoms with Crippen LogP contribution in [-0.2, 0) is 19.6 Å². The molecule has 1 saturated heterocycles. The van der Waals surface area contributed by atoms with Crippen LogP contribution in [-0.4, -0.2) is 82.3 Å². The smallest absolute Gasteiger partial charge is 0.220 e. The van der Waals surface area contributed by atoms with Gasteiger partial charge in [0, 0.05) is 45.7 Å². The Morgan fingerprint density at radius 1 is 1.27 bits per heavy atom. The molecule has 0 unspecified atom stereocenters. The van der Waals surface area contributed by atoms with E-state index in [1.54, 1.807) is 0 Å². The maximum atomic E-state index is 11.8. The molecule has 22 heavy (non-hydrogen) atoms. The predicted octanol–water partition coefficient (Wildman–Crippen LogP) is -0.257. The van der Waals surface area contributed by atoms with E-state index in [0.717, 1.165) is 13.1 Å². The Labute approximate surface area is 134 Å². The van der Waals surface area contributed by atoms with E-state index in [9.17, 15) is 13.2 Å². The summed E-state index contributed by atoms with van der Waals surface area (Å²) in [5, 5.41) is 2.78. The summed E-state index contributed by atoms with van der Waals surface area (Å²) in [6.07, 6.45) is 1.68. The Morgan fingerprint density at radius 3 is 2.45 bits per heavy atom. The molecule has 130 valence electrons. The Kier molecular flexibility index (Phi) is 8.30. The number of carbonyl (C=O) groups is 1. The normalized spacial score (nSPS) is 17.1. The Balaban J connectivity index is 2.36. The van der Waals surface area contributed by atoms with Crippen molar-refractivity contribution in [3.05, 3.63) is 0 Å². The third-order valence-electron chi connectivity index (χ3n) is 3.52. The summed E-state index contributed by atoms with van der Waals surface area (Å²) in [5.74, 6) is 0.268. The van der Waals surface area contributed by atoms with Crippen LogP contribution in [0.1, 0.15) is 20.3 Å². The molecule has 1 amide bonds. The molecule has 8 heteroatoms. The first-order valence-corrected chi connectivity index (χ1v) is 9.66. The van der Waals surface area contributed by atoms with Gasteiger partial charge in [0.05, 0.1) is 19.5 Å². The molecule has 1 N–H and O–H groups in total. The van der Waals surface area contributed by atoms with Crippen LogP contribution in [0.5, 0.6) is 0 Å². The van der Waals surface area contributed by atoms with Gasteiger partial charge in [-0.1, -0.05) is 13.8 Å². The topological polar surface area (TPSA) is 79.0 Å². The number of ether oxygens (including phenoxy) is 1. The molecule has 0 saturated carbocycles. The summed E-state index contributed by atoms with van der Waals surface area (Å²) in [5.41, 5.74) is 0. The van der Waals surface area contributed by atoms with E-state index >= 15 is 0 Å². The summed E-state index contributed by atoms with van der Waals surface area (Å²) in [6.45, 7) is 8.82. The molecule has 1 fully saturated rings. The molecule has 0 aromatic carbocycles. The maximum absolute atomic E-state index is 11.8. The van der Waals surface area contributed by atoms with Gasteiger partial charge >= 0.3 is 0 Å². The summed E-state index contributed by atoms with van der Waals surface area (Å²) in [6, 6.07) is 0. The zero-order valence-electron chi connectivity index (χ0n) is 13.9. The van der Waals surface area contributed by atoms with Crippen LogP contribution in [0.4, 0.5) is 0 Å². The molecule has 0 bridgehead atoms. The van der Waals surface area contributed by atoms with Gasteiger partial charge in [-0.3, -0.25) is 9.69 Å². The van der Waals surface area contributed by atoms with Crippen molar-refractivity contribution in [2.24, 2.45) is 5.92 Å². The Morgan fingerprint density at radius 2 is 1.91 bits per heavy atom. The van der Waals surface area contributed by atoms with Gasteiger partial charge < -0.3 is 10.1 Å². The third kappa shape index (κ3) is 8.07. The molecule has 1 aliphatic rings. The van der Waals surface area contributed by atoms with Gasteiger partial charge in [-0.25, -0.2) is 8.42 Å². The highest BCUT2D eigenvalue weighted by Gasteiger charge is 2.19. The van der Waals surface area contributed by atoms with Crippen molar-refractivity contribution >= 4 is 15.9 Å². The zero-order chi connectivity index (χ0) is 16.6. The standard InChI is InChI=1S/C14H29N3O4S/c1-13(2)12-14(18)15-4-5-17(22(3,19)20)7-6-16-8-10-21-11-9-16/h13H,4-12H2,1-3H3,(H,15,18). The van der Waals surface area contributed by atoms with Gasteiger partial charge in [-0.2, -0.15) is 4.31 Å². The number of carbonyl (C=O) groups excluding carboxylic acids is 1. The molecule has 0 spiro atoms. The van der Waals surface area contributed by atoms with Gasteiger partial charge in [-0.05, 0) is 5.92 Å². The van der Waals surface area contributed by atoms with Gasteiger partial charge in [0.25, 0.3) is 0 Å². The van der Waals surface area contributed by atoms with Gasteiger partial charge in [0.1, 0.15) is 0 Å². The summed E-state index contributed by atoms with van der Waals surface area (Å²) >= 11 is 0. The number of nitrogens with zero attached hydrogens (tertiary/aromatic N) is 2. The van der Waals surface area contributed by atoms with Crippen LogP contribution in [0.25, 0.3) is 0 Å². The van der Waals surface area contributed by atoms with E-state index in [1.165, 1.54) is 10.6 Å². The second-order valence-corrected chi connectivity index (χ2v) is 8.05. The minimum Gasteiger partial charge on any atom is -0.379 e. The van der Waals surface area contributed by atoms with E-state index in [2.05, 4.69) is 10.2 Å². The second kappa shape index (κ2) is 9.44. The number of hydrogen-bond acceptors (Lipinski definition) is 5. The van der Waals surface area contributed by atoms with E-state index < -0.39 is 10.0 Å². The molecule has 0 radical (unpaired) electrons. The Hall–Kier alpha value is -0.700. The third-order valence-corrected chi connectivity index (χ3v) is 4.82. The van der Waals surface area contributed by atoms with Crippen molar-refractivity contribution < 1.29 is 17.9 Å². The van der Waals surface area contributed by atoms with E-state index in [1.807, 2.05) is 13.8 Å². The van der Waals surface area contributed by atoms with Crippen molar-refractivity contribution in [1.29, 1.82) is 0 Å². The van der Waals surface area contributed by atoms with E-state index in [0.29, 0.717) is 51.7 Å². The van der Waals surface area contributed by atoms with Crippen molar-refractivity contribution in [3.63, 3.8) is 0 Å². The highest BCUT2D eigenvalue weighted by molar-refractivity contribution is 7.88. The van der Waals surface area contributed by atoms with Crippen LogP contribution in [0.15, 0.2) is 0 Å². The number of nitrogens with one attached hydrogen (secondary N) is 1. The van der Waals surface area contributed by atoms with Crippen LogP contribution >= 0.6 is 0 Å². The SMILES string of the molecule is CC(C)CC(=O)NCCN(CCN1CCOCC1)S(C)(=O)=O. The first-order valence-electron chi connectivity index (χ1n) is 7.81. The highest BCUT2D eigenvalue weighted by atomic mass is 32.2. The molecule has 0 atom stereocenters. The van der Waals surface area contributed by atoms with Crippen molar-refractivity contribution in [1.82, 2.24) is 14.5 Å².